The monoisotopic (exact) mass is 316 g/mol. The number of aromatic nitrogens is 1. The average molecular weight is 316 g/mol. The minimum atomic E-state index is -4.58. The van der Waals surface area contributed by atoms with Crippen LogP contribution in [0.1, 0.15) is 35.0 Å². The smallest absolute Gasteiger partial charge is 0.323 e. The van der Waals surface area contributed by atoms with Crippen LogP contribution in [0.2, 0.25) is 0 Å². The number of nitrogens with zero attached hydrogens (tertiary/aromatic N) is 1. The minimum absolute atomic E-state index is 0.129. The van der Waals surface area contributed by atoms with Gasteiger partial charge in [0.2, 0.25) is 0 Å². The molecule has 0 bridgehead atoms. The second kappa shape index (κ2) is 5.06. The van der Waals surface area contributed by atoms with Gasteiger partial charge in [0.05, 0.1) is 11.3 Å². The van der Waals surface area contributed by atoms with Gasteiger partial charge in [-0.3, -0.25) is 0 Å². The van der Waals surface area contributed by atoms with E-state index in [9.17, 15) is 17.6 Å². The molecule has 0 radical (unpaired) electrons. The summed E-state index contributed by atoms with van der Waals surface area (Å²) in [6.45, 7) is 0. The van der Waals surface area contributed by atoms with E-state index in [0.717, 1.165) is 42.0 Å². The first-order chi connectivity index (χ1) is 9.84. The zero-order chi connectivity index (χ0) is 15.2. The molecule has 1 atom stereocenters. The van der Waals surface area contributed by atoms with E-state index in [0.29, 0.717) is 11.1 Å². The van der Waals surface area contributed by atoms with Crippen LogP contribution in [0.15, 0.2) is 18.2 Å². The van der Waals surface area contributed by atoms with Gasteiger partial charge < -0.3 is 5.73 Å². The predicted molar refractivity (Wildman–Crippen MR) is 72.4 cm³/mol. The van der Waals surface area contributed by atoms with Crippen molar-refractivity contribution in [2.75, 3.05) is 0 Å². The summed E-state index contributed by atoms with van der Waals surface area (Å²) in [5.74, 6) is -0.919. The molecular weight excluding hydrogens is 304 g/mol. The molecule has 2 aromatic rings. The lowest BCUT2D eigenvalue weighted by molar-refractivity contribution is -0.137. The molecule has 1 aromatic carbocycles. The first-order valence-electron chi connectivity index (χ1n) is 6.48. The summed E-state index contributed by atoms with van der Waals surface area (Å²) < 4.78 is 51.7. The van der Waals surface area contributed by atoms with Crippen molar-refractivity contribution in [1.82, 2.24) is 4.98 Å². The largest absolute Gasteiger partial charge is 0.416 e. The van der Waals surface area contributed by atoms with Crippen LogP contribution in [0.25, 0.3) is 10.6 Å². The van der Waals surface area contributed by atoms with E-state index in [4.69, 9.17) is 5.73 Å². The summed E-state index contributed by atoms with van der Waals surface area (Å²) in [6.07, 6.45) is -2.06. The summed E-state index contributed by atoms with van der Waals surface area (Å²) in [4.78, 5) is 5.24. The second-order valence-corrected chi connectivity index (χ2v) is 6.09. The molecule has 1 aliphatic rings. The fourth-order valence-corrected chi connectivity index (χ4v) is 3.59. The van der Waals surface area contributed by atoms with Crippen molar-refractivity contribution in [3.8, 4) is 10.6 Å². The lowest BCUT2D eigenvalue weighted by Gasteiger charge is -2.15. The number of fused-ring (bicyclic) bond motifs is 1. The molecule has 1 aliphatic carbocycles. The average Bonchev–Trinajstić information content (AvgIpc) is 2.82. The van der Waals surface area contributed by atoms with Gasteiger partial charge in [0.15, 0.2) is 0 Å². The number of halogens is 4. The molecule has 3 rings (SSSR count). The number of aryl methyl sites for hydroxylation is 1. The molecule has 0 aliphatic heterocycles. The van der Waals surface area contributed by atoms with Crippen molar-refractivity contribution >= 4 is 11.3 Å². The summed E-state index contributed by atoms with van der Waals surface area (Å²) in [7, 11) is 0. The predicted octanol–water partition coefficient (Wildman–Crippen LogP) is 4.30. The van der Waals surface area contributed by atoms with E-state index in [2.05, 4.69) is 4.98 Å². The van der Waals surface area contributed by atoms with Gasteiger partial charge in [-0.05, 0) is 37.5 Å². The molecule has 0 fully saturated rings. The summed E-state index contributed by atoms with van der Waals surface area (Å²) in [5, 5.41) is 0.391. The number of rotatable bonds is 1. The van der Waals surface area contributed by atoms with Crippen LogP contribution in [-0.4, -0.2) is 4.98 Å². The SMILES string of the molecule is NC1CCCc2nc(-c3cc(F)cc(C(F)(F)F)c3)sc21. The highest BCUT2D eigenvalue weighted by Gasteiger charge is 2.32. The molecule has 0 spiro atoms. The molecule has 0 saturated carbocycles. The molecule has 2 N–H and O–H groups in total. The third-order valence-electron chi connectivity index (χ3n) is 3.47. The summed E-state index contributed by atoms with van der Waals surface area (Å²) >= 11 is 1.25. The van der Waals surface area contributed by atoms with Crippen molar-refractivity contribution in [2.24, 2.45) is 5.73 Å². The summed E-state index contributed by atoms with van der Waals surface area (Å²) in [6, 6.07) is 2.36. The molecular formula is C14H12F4N2S. The maximum absolute atomic E-state index is 13.5. The van der Waals surface area contributed by atoms with Crippen LogP contribution in [0, 0.1) is 5.82 Å². The van der Waals surface area contributed by atoms with E-state index in [1.54, 1.807) is 0 Å². The van der Waals surface area contributed by atoms with E-state index < -0.39 is 17.6 Å². The molecule has 112 valence electrons. The lowest BCUT2D eigenvalue weighted by atomic mass is 9.99. The van der Waals surface area contributed by atoms with Crippen molar-refractivity contribution in [1.29, 1.82) is 0 Å². The van der Waals surface area contributed by atoms with Crippen molar-refractivity contribution in [3.63, 3.8) is 0 Å². The van der Waals surface area contributed by atoms with Gasteiger partial charge in [-0.2, -0.15) is 13.2 Å². The first-order valence-corrected chi connectivity index (χ1v) is 7.29. The third kappa shape index (κ3) is 2.80. The molecule has 0 saturated heterocycles. The van der Waals surface area contributed by atoms with Crippen LogP contribution in [-0.2, 0) is 12.6 Å². The van der Waals surface area contributed by atoms with E-state index in [-0.39, 0.29) is 11.6 Å². The highest BCUT2D eigenvalue weighted by molar-refractivity contribution is 7.15. The van der Waals surface area contributed by atoms with Gasteiger partial charge in [0.1, 0.15) is 10.8 Å². The maximum Gasteiger partial charge on any atom is 0.416 e. The van der Waals surface area contributed by atoms with Gasteiger partial charge >= 0.3 is 6.18 Å². The van der Waals surface area contributed by atoms with E-state index in [1.165, 1.54) is 11.3 Å². The third-order valence-corrected chi connectivity index (χ3v) is 4.74. The zero-order valence-corrected chi connectivity index (χ0v) is 11.7. The number of nitrogens with two attached hydrogens (primary N) is 1. The fourth-order valence-electron chi connectivity index (χ4n) is 2.45. The highest BCUT2D eigenvalue weighted by Crippen LogP contribution is 2.39. The van der Waals surface area contributed by atoms with Gasteiger partial charge in [-0.1, -0.05) is 0 Å². The van der Waals surface area contributed by atoms with Crippen LogP contribution in [0.3, 0.4) is 0 Å². The Kier molecular flexibility index (Phi) is 3.49. The number of alkyl halides is 3. The Labute approximate surface area is 122 Å². The Morgan fingerprint density at radius 3 is 2.67 bits per heavy atom. The van der Waals surface area contributed by atoms with Crippen LogP contribution < -0.4 is 5.73 Å². The van der Waals surface area contributed by atoms with E-state index in [1.807, 2.05) is 0 Å². The standard InChI is InChI=1S/C14H12F4N2S/c15-9-5-7(4-8(6-9)14(16,17)18)13-20-11-3-1-2-10(19)12(11)21-13/h4-6,10H,1-3,19H2. The summed E-state index contributed by atoms with van der Waals surface area (Å²) in [5.41, 5.74) is 5.95. The number of hydrogen-bond donors (Lipinski definition) is 1. The molecule has 1 unspecified atom stereocenters. The van der Waals surface area contributed by atoms with Crippen LogP contribution in [0.5, 0.6) is 0 Å². The van der Waals surface area contributed by atoms with Gasteiger partial charge in [-0.15, -0.1) is 11.3 Å². The molecule has 2 nitrogen and oxygen atoms in total. The van der Waals surface area contributed by atoms with Crippen LogP contribution in [0.4, 0.5) is 17.6 Å². The Bertz CT molecular complexity index is 678. The fraction of sp³-hybridized carbons (Fsp3) is 0.357. The molecule has 1 heterocycles. The van der Waals surface area contributed by atoms with E-state index >= 15 is 0 Å². The zero-order valence-electron chi connectivity index (χ0n) is 10.9. The van der Waals surface area contributed by atoms with Crippen LogP contribution >= 0.6 is 11.3 Å². The number of benzene rings is 1. The Hall–Kier alpha value is -1.47. The lowest BCUT2D eigenvalue weighted by Crippen LogP contribution is -2.15. The van der Waals surface area contributed by atoms with Gasteiger partial charge in [0, 0.05) is 16.5 Å². The van der Waals surface area contributed by atoms with Crippen molar-refractivity contribution in [2.45, 2.75) is 31.5 Å². The molecule has 21 heavy (non-hydrogen) atoms. The van der Waals surface area contributed by atoms with Gasteiger partial charge in [-0.25, -0.2) is 9.37 Å². The first kappa shape index (κ1) is 14.5. The van der Waals surface area contributed by atoms with Crippen molar-refractivity contribution in [3.05, 3.63) is 40.2 Å². The molecule has 7 heteroatoms. The maximum atomic E-state index is 13.5. The number of thiazole rings is 1. The van der Waals surface area contributed by atoms with Gasteiger partial charge in [0.25, 0.3) is 0 Å². The number of hydrogen-bond acceptors (Lipinski definition) is 3. The molecule has 0 amide bonds. The Morgan fingerprint density at radius 2 is 2.00 bits per heavy atom. The van der Waals surface area contributed by atoms with Crippen molar-refractivity contribution < 1.29 is 17.6 Å². The highest BCUT2D eigenvalue weighted by atomic mass is 32.1. The molecule has 1 aromatic heterocycles. The Balaban J connectivity index is 2.07. The minimum Gasteiger partial charge on any atom is -0.323 e. The quantitative estimate of drug-likeness (QED) is 0.797. The normalized spacial score (nSPS) is 18.6. The second-order valence-electron chi connectivity index (χ2n) is 5.06. The topological polar surface area (TPSA) is 38.9 Å². The Morgan fingerprint density at radius 1 is 1.24 bits per heavy atom.